The summed E-state index contributed by atoms with van der Waals surface area (Å²) in [5, 5.41) is 1.28. The van der Waals surface area contributed by atoms with E-state index in [0.29, 0.717) is 6.42 Å². The molecule has 0 bridgehead atoms. The average molecular weight is 215 g/mol. The van der Waals surface area contributed by atoms with Gasteiger partial charge in [0.05, 0.1) is 0 Å². The summed E-state index contributed by atoms with van der Waals surface area (Å²) in [6.07, 6.45) is 1.48. The maximum atomic E-state index is 11.1. The summed E-state index contributed by atoms with van der Waals surface area (Å²) < 4.78 is 2.20. The summed E-state index contributed by atoms with van der Waals surface area (Å²) in [4.78, 5) is 11.1. The molecule has 0 aliphatic heterocycles. The van der Waals surface area contributed by atoms with E-state index in [4.69, 9.17) is 0 Å². The predicted molar refractivity (Wildman–Crippen MR) is 66.7 cm³/mol. The number of benzene rings is 1. The first-order valence-corrected chi connectivity index (χ1v) is 5.63. The summed E-state index contributed by atoms with van der Waals surface area (Å²) in [5.41, 5.74) is 3.83. The van der Waals surface area contributed by atoms with Crippen molar-refractivity contribution >= 4 is 16.7 Å². The minimum Gasteiger partial charge on any atom is -0.348 e. The van der Waals surface area contributed by atoms with Gasteiger partial charge in [-0.25, -0.2) is 0 Å². The molecule has 0 atom stereocenters. The Morgan fingerprint density at radius 1 is 1.31 bits per heavy atom. The second-order valence-corrected chi connectivity index (χ2v) is 4.34. The standard InChI is InChI=1S/C14H17NO/c1-10(16)8-9-12-11(2)15(3)14-7-5-4-6-13(12)14/h4-7H,8-9H2,1-3H3. The predicted octanol–water partition coefficient (Wildman–Crippen LogP) is 3.01. The van der Waals surface area contributed by atoms with Crippen molar-refractivity contribution in [2.45, 2.75) is 26.7 Å². The molecule has 2 nitrogen and oxygen atoms in total. The summed E-state index contributed by atoms with van der Waals surface area (Å²) in [5.74, 6) is 0.257. The third kappa shape index (κ3) is 1.75. The van der Waals surface area contributed by atoms with Gasteiger partial charge >= 0.3 is 0 Å². The van der Waals surface area contributed by atoms with Crippen LogP contribution in [0.4, 0.5) is 0 Å². The van der Waals surface area contributed by atoms with Gasteiger partial charge in [0.25, 0.3) is 0 Å². The number of fused-ring (bicyclic) bond motifs is 1. The molecule has 2 aromatic rings. The Morgan fingerprint density at radius 2 is 2.00 bits per heavy atom. The quantitative estimate of drug-likeness (QED) is 0.771. The van der Waals surface area contributed by atoms with Crippen LogP contribution in [-0.2, 0) is 18.3 Å². The molecule has 0 unspecified atom stereocenters. The second-order valence-electron chi connectivity index (χ2n) is 4.34. The van der Waals surface area contributed by atoms with Crippen molar-refractivity contribution in [2.75, 3.05) is 0 Å². The van der Waals surface area contributed by atoms with Crippen molar-refractivity contribution in [2.24, 2.45) is 7.05 Å². The first kappa shape index (κ1) is 10.9. The van der Waals surface area contributed by atoms with Crippen LogP contribution < -0.4 is 0 Å². The lowest BCUT2D eigenvalue weighted by atomic mass is 10.0. The largest absolute Gasteiger partial charge is 0.348 e. The molecule has 16 heavy (non-hydrogen) atoms. The first-order valence-electron chi connectivity index (χ1n) is 5.63. The summed E-state index contributed by atoms with van der Waals surface area (Å²) in [7, 11) is 2.08. The van der Waals surface area contributed by atoms with E-state index >= 15 is 0 Å². The van der Waals surface area contributed by atoms with Crippen LogP contribution in [0, 0.1) is 6.92 Å². The Kier molecular flexibility index (Phi) is 2.82. The molecule has 2 heteroatoms. The van der Waals surface area contributed by atoms with Crippen molar-refractivity contribution in [3.63, 3.8) is 0 Å². The van der Waals surface area contributed by atoms with E-state index in [1.807, 2.05) is 0 Å². The van der Waals surface area contributed by atoms with Gasteiger partial charge in [-0.1, -0.05) is 18.2 Å². The number of ketones is 1. The van der Waals surface area contributed by atoms with Crippen LogP contribution in [0.2, 0.25) is 0 Å². The highest BCUT2D eigenvalue weighted by Gasteiger charge is 2.11. The number of rotatable bonds is 3. The summed E-state index contributed by atoms with van der Waals surface area (Å²) in [6, 6.07) is 8.37. The van der Waals surface area contributed by atoms with Gasteiger partial charge in [-0.15, -0.1) is 0 Å². The highest BCUT2D eigenvalue weighted by atomic mass is 16.1. The zero-order valence-electron chi connectivity index (χ0n) is 10.1. The Balaban J connectivity index is 2.51. The van der Waals surface area contributed by atoms with E-state index in [1.165, 1.54) is 22.2 Å². The van der Waals surface area contributed by atoms with E-state index in [2.05, 4.69) is 42.8 Å². The maximum absolute atomic E-state index is 11.1. The van der Waals surface area contributed by atoms with Crippen molar-refractivity contribution in [3.05, 3.63) is 35.5 Å². The van der Waals surface area contributed by atoms with E-state index in [1.54, 1.807) is 6.92 Å². The van der Waals surface area contributed by atoms with Crippen molar-refractivity contribution in [1.29, 1.82) is 0 Å². The van der Waals surface area contributed by atoms with Crippen LogP contribution in [-0.4, -0.2) is 10.4 Å². The van der Waals surface area contributed by atoms with Crippen LogP contribution in [0.15, 0.2) is 24.3 Å². The van der Waals surface area contributed by atoms with Gasteiger partial charge in [0.2, 0.25) is 0 Å². The number of carbonyl (C=O) groups excluding carboxylic acids is 1. The minimum atomic E-state index is 0.257. The normalized spacial score (nSPS) is 10.9. The molecule has 1 heterocycles. The number of Topliss-reactive ketones (excluding diaryl/α,β-unsaturated/α-hetero) is 1. The molecule has 0 saturated carbocycles. The highest BCUT2D eigenvalue weighted by Crippen LogP contribution is 2.25. The molecular weight excluding hydrogens is 198 g/mol. The number of para-hydroxylation sites is 1. The number of hydrogen-bond donors (Lipinski definition) is 0. The van der Waals surface area contributed by atoms with E-state index in [-0.39, 0.29) is 5.78 Å². The molecule has 0 fully saturated rings. The van der Waals surface area contributed by atoms with Crippen molar-refractivity contribution in [3.8, 4) is 0 Å². The molecule has 0 amide bonds. The number of nitrogens with zero attached hydrogens (tertiary/aromatic N) is 1. The molecule has 0 radical (unpaired) electrons. The Hall–Kier alpha value is -1.57. The molecule has 0 aliphatic carbocycles. The Morgan fingerprint density at radius 3 is 2.69 bits per heavy atom. The number of hydrogen-bond acceptors (Lipinski definition) is 1. The van der Waals surface area contributed by atoms with Crippen LogP contribution in [0.1, 0.15) is 24.6 Å². The molecule has 0 saturated heterocycles. The van der Waals surface area contributed by atoms with Gasteiger partial charge in [-0.2, -0.15) is 0 Å². The number of aryl methyl sites for hydroxylation is 2. The van der Waals surface area contributed by atoms with Gasteiger partial charge in [0, 0.05) is 30.1 Å². The molecule has 2 rings (SSSR count). The number of carbonyl (C=O) groups is 1. The lowest BCUT2D eigenvalue weighted by molar-refractivity contribution is -0.116. The third-order valence-corrected chi connectivity index (χ3v) is 3.26. The van der Waals surface area contributed by atoms with Gasteiger partial charge in [-0.05, 0) is 31.9 Å². The van der Waals surface area contributed by atoms with Gasteiger partial charge in [0.15, 0.2) is 0 Å². The molecule has 0 N–H and O–H groups in total. The first-order chi connectivity index (χ1) is 7.61. The minimum absolute atomic E-state index is 0.257. The Labute approximate surface area is 95.9 Å². The van der Waals surface area contributed by atoms with Crippen LogP contribution in [0.25, 0.3) is 10.9 Å². The topological polar surface area (TPSA) is 22.0 Å². The fraction of sp³-hybridized carbons (Fsp3) is 0.357. The van der Waals surface area contributed by atoms with Crippen molar-refractivity contribution < 1.29 is 4.79 Å². The second kappa shape index (κ2) is 4.12. The Bertz CT molecular complexity index is 537. The van der Waals surface area contributed by atoms with Gasteiger partial charge in [0.1, 0.15) is 5.78 Å². The lowest BCUT2D eigenvalue weighted by Gasteiger charge is -2.00. The fourth-order valence-corrected chi connectivity index (χ4v) is 2.22. The monoisotopic (exact) mass is 215 g/mol. The SMILES string of the molecule is CC(=O)CCc1c(C)n(C)c2ccccc12. The zero-order valence-corrected chi connectivity index (χ0v) is 10.1. The fourth-order valence-electron chi connectivity index (χ4n) is 2.22. The summed E-state index contributed by atoms with van der Waals surface area (Å²) >= 11 is 0. The van der Waals surface area contributed by atoms with Crippen molar-refractivity contribution in [1.82, 2.24) is 4.57 Å². The highest BCUT2D eigenvalue weighted by molar-refractivity contribution is 5.86. The maximum Gasteiger partial charge on any atom is 0.130 e. The average Bonchev–Trinajstić information content (AvgIpc) is 2.50. The molecule has 1 aromatic heterocycles. The molecule has 84 valence electrons. The van der Waals surface area contributed by atoms with E-state index < -0.39 is 0 Å². The smallest absolute Gasteiger partial charge is 0.130 e. The molecule has 1 aromatic carbocycles. The lowest BCUT2D eigenvalue weighted by Crippen LogP contribution is -1.96. The van der Waals surface area contributed by atoms with Crippen LogP contribution in [0.3, 0.4) is 0 Å². The van der Waals surface area contributed by atoms with E-state index in [0.717, 1.165) is 6.42 Å². The number of aromatic nitrogens is 1. The van der Waals surface area contributed by atoms with E-state index in [9.17, 15) is 4.79 Å². The van der Waals surface area contributed by atoms with Crippen LogP contribution in [0.5, 0.6) is 0 Å². The molecule has 0 aliphatic rings. The third-order valence-electron chi connectivity index (χ3n) is 3.26. The zero-order chi connectivity index (χ0) is 11.7. The van der Waals surface area contributed by atoms with Crippen LogP contribution >= 0.6 is 0 Å². The van der Waals surface area contributed by atoms with Gasteiger partial charge in [-0.3, -0.25) is 0 Å². The molecule has 0 spiro atoms. The van der Waals surface area contributed by atoms with Gasteiger partial charge < -0.3 is 9.36 Å². The molecular formula is C14H17NO. The summed E-state index contributed by atoms with van der Waals surface area (Å²) in [6.45, 7) is 3.77.